The molecule has 82 valence electrons. The summed E-state index contributed by atoms with van der Waals surface area (Å²) in [6.45, 7) is 0.708. The molecule has 0 radical (unpaired) electrons. The second kappa shape index (κ2) is 6.42. The summed E-state index contributed by atoms with van der Waals surface area (Å²) >= 11 is 3.36. The van der Waals surface area contributed by atoms with Gasteiger partial charge in [-0.2, -0.15) is 0 Å². The zero-order chi connectivity index (χ0) is 11.1. The Morgan fingerprint density at radius 1 is 1.47 bits per heavy atom. The molecule has 0 aliphatic carbocycles. The molecule has 5 heteroatoms. The first-order valence-electron chi connectivity index (χ1n) is 4.47. The molecular formula is C10H13BrN2O2. The van der Waals surface area contributed by atoms with Crippen molar-refractivity contribution in [3.05, 3.63) is 34.3 Å². The molecule has 2 N–H and O–H groups in total. The molecule has 0 aliphatic heterocycles. The molecule has 0 saturated carbocycles. The summed E-state index contributed by atoms with van der Waals surface area (Å²) in [5.41, 5.74) is 1.04. The van der Waals surface area contributed by atoms with Crippen LogP contribution in [0.2, 0.25) is 0 Å². The number of nitrogens with one attached hydrogen (secondary N) is 2. The molecule has 0 bridgehead atoms. The van der Waals surface area contributed by atoms with E-state index in [2.05, 4.69) is 26.6 Å². The quantitative estimate of drug-likeness (QED) is 0.822. The van der Waals surface area contributed by atoms with Crippen molar-refractivity contribution < 1.29 is 9.53 Å². The molecule has 0 aliphatic rings. The van der Waals surface area contributed by atoms with Gasteiger partial charge >= 0.3 is 6.03 Å². The number of urea groups is 1. The van der Waals surface area contributed by atoms with Crippen LogP contribution in [0.4, 0.5) is 4.79 Å². The van der Waals surface area contributed by atoms with Gasteiger partial charge in [0.05, 0.1) is 0 Å². The lowest BCUT2D eigenvalue weighted by atomic mass is 10.2. The minimum absolute atomic E-state index is 0.213. The average molecular weight is 273 g/mol. The zero-order valence-electron chi connectivity index (χ0n) is 8.42. The van der Waals surface area contributed by atoms with E-state index in [1.165, 1.54) is 7.11 Å². The van der Waals surface area contributed by atoms with Crippen LogP contribution in [0.25, 0.3) is 0 Å². The van der Waals surface area contributed by atoms with Crippen LogP contribution in [-0.2, 0) is 11.3 Å². The first-order valence-corrected chi connectivity index (χ1v) is 5.27. The van der Waals surface area contributed by atoms with E-state index in [0.29, 0.717) is 6.54 Å². The van der Waals surface area contributed by atoms with E-state index in [0.717, 1.165) is 10.0 Å². The lowest BCUT2D eigenvalue weighted by Gasteiger charge is -2.06. The van der Waals surface area contributed by atoms with Crippen molar-refractivity contribution in [3.8, 4) is 0 Å². The Kier molecular flexibility index (Phi) is 5.14. The summed E-state index contributed by atoms with van der Waals surface area (Å²) in [5, 5.41) is 5.24. The van der Waals surface area contributed by atoms with E-state index < -0.39 is 0 Å². The Morgan fingerprint density at radius 2 is 2.27 bits per heavy atom. The highest BCUT2D eigenvalue weighted by atomic mass is 79.9. The smallest absolute Gasteiger partial charge is 0.316 e. The fourth-order valence-corrected chi connectivity index (χ4v) is 1.48. The van der Waals surface area contributed by atoms with Crippen molar-refractivity contribution in [2.45, 2.75) is 6.54 Å². The van der Waals surface area contributed by atoms with Gasteiger partial charge in [0, 0.05) is 18.1 Å². The SMILES string of the molecule is COCNC(=O)NCc1cccc(Br)c1. The third-order valence-electron chi connectivity index (χ3n) is 1.72. The van der Waals surface area contributed by atoms with E-state index in [1.54, 1.807) is 0 Å². The van der Waals surface area contributed by atoms with Crippen LogP contribution in [0, 0.1) is 0 Å². The first kappa shape index (κ1) is 12.0. The number of rotatable bonds is 4. The van der Waals surface area contributed by atoms with Crippen LogP contribution in [0.1, 0.15) is 5.56 Å². The summed E-state index contributed by atoms with van der Waals surface area (Å²) in [4.78, 5) is 11.1. The fraction of sp³-hybridized carbons (Fsp3) is 0.300. The maximum Gasteiger partial charge on any atom is 0.316 e. The predicted octanol–water partition coefficient (Wildman–Crippen LogP) is 1.85. The van der Waals surface area contributed by atoms with Crippen molar-refractivity contribution in [1.29, 1.82) is 0 Å². The van der Waals surface area contributed by atoms with Gasteiger partial charge < -0.3 is 15.4 Å². The number of benzene rings is 1. The second-order valence-corrected chi connectivity index (χ2v) is 3.84. The maximum absolute atomic E-state index is 11.1. The maximum atomic E-state index is 11.1. The monoisotopic (exact) mass is 272 g/mol. The van der Waals surface area contributed by atoms with Gasteiger partial charge in [0.15, 0.2) is 0 Å². The largest absolute Gasteiger partial charge is 0.364 e. The van der Waals surface area contributed by atoms with Crippen molar-refractivity contribution >= 4 is 22.0 Å². The molecule has 0 spiro atoms. The minimum atomic E-state index is -0.239. The summed E-state index contributed by atoms with van der Waals surface area (Å²) < 4.78 is 5.70. The molecule has 0 atom stereocenters. The number of carbonyl (C=O) groups excluding carboxylic acids is 1. The lowest BCUT2D eigenvalue weighted by molar-refractivity contribution is 0.172. The van der Waals surface area contributed by atoms with Gasteiger partial charge in [-0.15, -0.1) is 0 Å². The molecule has 4 nitrogen and oxygen atoms in total. The Morgan fingerprint density at radius 3 is 2.93 bits per heavy atom. The molecule has 1 aromatic carbocycles. The summed E-state index contributed by atoms with van der Waals surface area (Å²) in [6, 6.07) is 7.53. The number of ether oxygens (including phenoxy) is 1. The van der Waals surface area contributed by atoms with Gasteiger partial charge in [-0.25, -0.2) is 4.79 Å². The van der Waals surface area contributed by atoms with Gasteiger partial charge in [0.1, 0.15) is 6.73 Å². The predicted molar refractivity (Wildman–Crippen MR) is 61.4 cm³/mol. The van der Waals surface area contributed by atoms with Crippen molar-refractivity contribution in [2.75, 3.05) is 13.8 Å². The van der Waals surface area contributed by atoms with Gasteiger partial charge in [-0.05, 0) is 17.7 Å². The minimum Gasteiger partial charge on any atom is -0.364 e. The van der Waals surface area contributed by atoms with Crippen LogP contribution in [0.15, 0.2) is 28.7 Å². The number of halogens is 1. The Balaban J connectivity index is 2.33. The number of hydrogen-bond acceptors (Lipinski definition) is 2. The number of methoxy groups -OCH3 is 1. The molecule has 15 heavy (non-hydrogen) atoms. The number of carbonyl (C=O) groups is 1. The first-order chi connectivity index (χ1) is 7.22. The van der Waals surface area contributed by atoms with E-state index in [-0.39, 0.29) is 12.8 Å². The molecule has 0 fully saturated rings. The molecule has 2 amide bonds. The van der Waals surface area contributed by atoms with E-state index in [1.807, 2.05) is 24.3 Å². The van der Waals surface area contributed by atoms with Crippen LogP contribution >= 0.6 is 15.9 Å². The van der Waals surface area contributed by atoms with E-state index in [4.69, 9.17) is 4.74 Å². The fourth-order valence-electron chi connectivity index (χ4n) is 1.03. The standard InChI is InChI=1S/C10H13BrN2O2/c1-15-7-13-10(14)12-6-8-3-2-4-9(11)5-8/h2-5H,6-7H2,1H3,(H2,12,13,14). The van der Waals surface area contributed by atoms with Gasteiger partial charge in [0.2, 0.25) is 0 Å². The van der Waals surface area contributed by atoms with Crippen LogP contribution in [0.3, 0.4) is 0 Å². The number of hydrogen-bond donors (Lipinski definition) is 2. The highest BCUT2D eigenvalue weighted by molar-refractivity contribution is 9.10. The summed E-state index contributed by atoms with van der Waals surface area (Å²) in [6.07, 6.45) is 0. The Hall–Kier alpha value is -1.07. The molecule has 0 unspecified atom stereocenters. The zero-order valence-corrected chi connectivity index (χ0v) is 10.0. The van der Waals surface area contributed by atoms with Crippen LogP contribution in [0.5, 0.6) is 0 Å². The van der Waals surface area contributed by atoms with Gasteiger partial charge in [0.25, 0.3) is 0 Å². The summed E-state index contributed by atoms with van der Waals surface area (Å²) in [5.74, 6) is 0. The lowest BCUT2D eigenvalue weighted by Crippen LogP contribution is -2.36. The average Bonchev–Trinajstić information content (AvgIpc) is 2.23. The third-order valence-corrected chi connectivity index (χ3v) is 2.21. The van der Waals surface area contributed by atoms with Crippen molar-refractivity contribution in [3.63, 3.8) is 0 Å². The van der Waals surface area contributed by atoms with Crippen molar-refractivity contribution in [2.24, 2.45) is 0 Å². The Bertz CT molecular complexity index is 331. The third kappa shape index (κ3) is 4.80. The molecule has 1 aromatic rings. The van der Waals surface area contributed by atoms with Gasteiger partial charge in [-0.3, -0.25) is 0 Å². The highest BCUT2D eigenvalue weighted by Crippen LogP contribution is 2.11. The summed E-state index contributed by atoms with van der Waals surface area (Å²) in [7, 11) is 1.52. The normalized spacial score (nSPS) is 9.73. The van der Waals surface area contributed by atoms with E-state index >= 15 is 0 Å². The topological polar surface area (TPSA) is 50.4 Å². The van der Waals surface area contributed by atoms with E-state index in [9.17, 15) is 4.79 Å². The van der Waals surface area contributed by atoms with Crippen molar-refractivity contribution in [1.82, 2.24) is 10.6 Å². The van der Waals surface area contributed by atoms with Gasteiger partial charge in [-0.1, -0.05) is 28.1 Å². The molecular weight excluding hydrogens is 260 g/mol. The molecule has 1 rings (SSSR count). The second-order valence-electron chi connectivity index (χ2n) is 2.92. The number of amides is 2. The van der Waals surface area contributed by atoms with Crippen LogP contribution < -0.4 is 10.6 Å². The molecule has 0 aromatic heterocycles. The molecule has 0 saturated heterocycles. The highest BCUT2D eigenvalue weighted by Gasteiger charge is 1.99. The Labute approximate surface area is 97.1 Å². The van der Waals surface area contributed by atoms with Crippen LogP contribution in [-0.4, -0.2) is 19.9 Å². The molecule has 0 heterocycles.